The lowest BCUT2D eigenvalue weighted by molar-refractivity contribution is -0.116. The number of nitrogens with one attached hydrogen (secondary N) is 1. The zero-order chi connectivity index (χ0) is 17.1. The van der Waals surface area contributed by atoms with Crippen molar-refractivity contribution in [1.29, 1.82) is 0 Å². The average Bonchev–Trinajstić information content (AvgIpc) is 2.92. The summed E-state index contributed by atoms with van der Waals surface area (Å²) in [5.41, 5.74) is 1.37. The van der Waals surface area contributed by atoms with E-state index in [9.17, 15) is 9.59 Å². The second-order valence-electron chi connectivity index (χ2n) is 5.37. The summed E-state index contributed by atoms with van der Waals surface area (Å²) in [7, 11) is 0. The van der Waals surface area contributed by atoms with E-state index in [1.165, 1.54) is 4.90 Å². The smallest absolute Gasteiger partial charge is 0.324 e. The molecule has 0 aliphatic carbocycles. The van der Waals surface area contributed by atoms with Crippen LogP contribution in [0.4, 0.5) is 16.2 Å². The molecule has 1 N–H and O–H groups in total. The molecule has 0 atom stereocenters. The van der Waals surface area contributed by atoms with Crippen LogP contribution in [0.5, 0.6) is 0 Å². The predicted octanol–water partition coefficient (Wildman–Crippen LogP) is 3.87. The first-order valence-electron chi connectivity index (χ1n) is 7.41. The van der Waals surface area contributed by atoms with Crippen molar-refractivity contribution in [3.05, 3.63) is 58.6 Å². The Balaban J connectivity index is 1.61. The normalized spacial score (nSPS) is 14.2. The Kier molecular flexibility index (Phi) is 4.92. The molecule has 0 bridgehead atoms. The number of halogens is 2. The molecule has 3 amide bonds. The summed E-state index contributed by atoms with van der Waals surface area (Å²) < 4.78 is 0. The molecule has 2 aromatic rings. The van der Waals surface area contributed by atoms with E-state index < -0.39 is 0 Å². The second-order valence-corrected chi connectivity index (χ2v) is 6.18. The van der Waals surface area contributed by atoms with Crippen molar-refractivity contribution in [3.8, 4) is 0 Å². The minimum Gasteiger partial charge on any atom is -0.324 e. The van der Waals surface area contributed by atoms with Gasteiger partial charge in [-0.15, -0.1) is 0 Å². The van der Waals surface area contributed by atoms with E-state index in [1.807, 2.05) is 30.3 Å². The monoisotopic (exact) mass is 363 g/mol. The van der Waals surface area contributed by atoms with Crippen molar-refractivity contribution in [1.82, 2.24) is 4.90 Å². The fourth-order valence-corrected chi connectivity index (χ4v) is 2.82. The molecule has 5 nitrogen and oxygen atoms in total. The van der Waals surface area contributed by atoms with Crippen LogP contribution in [0.3, 0.4) is 0 Å². The maximum Gasteiger partial charge on any atom is 0.325 e. The highest BCUT2D eigenvalue weighted by Crippen LogP contribution is 2.25. The van der Waals surface area contributed by atoms with Gasteiger partial charge in [0.05, 0.1) is 10.0 Å². The molecule has 0 spiro atoms. The third kappa shape index (κ3) is 3.63. The summed E-state index contributed by atoms with van der Waals surface area (Å²) in [5, 5.41) is 3.50. The van der Waals surface area contributed by atoms with Gasteiger partial charge in [0.15, 0.2) is 0 Å². The summed E-state index contributed by atoms with van der Waals surface area (Å²) in [6.45, 7) is 1.05. The van der Waals surface area contributed by atoms with E-state index in [1.54, 1.807) is 23.1 Å². The van der Waals surface area contributed by atoms with Gasteiger partial charge in [-0.25, -0.2) is 4.79 Å². The highest BCUT2D eigenvalue weighted by Gasteiger charge is 2.30. The molecule has 0 aromatic heterocycles. The van der Waals surface area contributed by atoms with Crippen LogP contribution < -0.4 is 10.2 Å². The van der Waals surface area contributed by atoms with Crippen molar-refractivity contribution < 1.29 is 9.59 Å². The fraction of sp³-hybridized carbons (Fsp3) is 0.176. The Morgan fingerprint density at radius 3 is 2.50 bits per heavy atom. The maximum atomic E-state index is 12.4. The topological polar surface area (TPSA) is 52.7 Å². The lowest BCUT2D eigenvalue weighted by atomic mass is 10.3. The first-order chi connectivity index (χ1) is 11.5. The summed E-state index contributed by atoms with van der Waals surface area (Å²) in [5.74, 6) is -0.281. The Bertz CT molecular complexity index is 768. The highest BCUT2D eigenvalue weighted by molar-refractivity contribution is 6.42. The number of amides is 3. The molecule has 124 valence electrons. The lowest BCUT2D eigenvalue weighted by Gasteiger charge is -2.18. The molecule has 0 saturated carbocycles. The van der Waals surface area contributed by atoms with Gasteiger partial charge >= 0.3 is 6.03 Å². The SMILES string of the molecule is O=C(CN1CCN(c2ccccc2)C1=O)Nc1ccc(Cl)c(Cl)c1. The maximum absolute atomic E-state index is 12.4. The van der Waals surface area contributed by atoms with Gasteiger partial charge in [0.2, 0.25) is 5.91 Å². The van der Waals surface area contributed by atoms with Gasteiger partial charge in [-0.1, -0.05) is 41.4 Å². The Labute approximate surface area is 149 Å². The van der Waals surface area contributed by atoms with Crippen molar-refractivity contribution >= 4 is 46.5 Å². The average molecular weight is 364 g/mol. The number of hydrogen-bond acceptors (Lipinski definition) is 2. The Morgan fingerprint density at radius 2 is 1.79 bits per heavy atom. The summed E-state index contributed by atoms with van der Waals surface area (Å²) in [4.78, 5) is 27.8. The van der Waals surface area contributed by atoms with Crippen LogP contribution in [0.1, 0.15) is 0 Å². The van der Waals surface area contributed by atoms with Crippen LogP contribution in [-0.2, 0) is 4.79 Å². The van der Waals surface area contributed by atoms with E-state index in [-0.39, 0.29) is 18.5 Å². The molecule has 1 fully saturated rings. The van der Waals surface area contributed by atoms with E-state index in [0.717, 1.165) is 5.69 Å². The molecule has 1 aliphatic heterocycles. The predicted molar refractivity (Wildman–Crippen MR) is 95.8 cm³/mol. The van der Waals surface area contributed by atoms with Gasteiger partial charge in [0.1, 0.15) is 6.54 Å². The number of urea groups is 1. The standard InChI is InChI=1S/C17H15Cl2N3O2/c18-14-7-6-12(10-15(14)19)20-16(23)11-21-8-9-22(17(21)24)13-4-2-1-3-5-13/h1-7,10H,8-9,11H2,(H,20,23). The van der Waals surface area contributed by atoms with E-state index >= 15 is 0 Å². The molecular weight excluding hydrogens is 349 g/mol. The van der Waals surface area contributed by atoms with Crippen LogP contribution in [0.15, 0.2) is 48.5 Å². The first kappa shape index (κ1) is 16.6. The Hall–Kier alpha value is -2.24. The summed E-state index contributed by atoms with van der Waals surface area (Å²) in [6, 6.07) is 14.1. The summed E-state index contributed by atoms with van der Waals surface area (Å²) in [6.07, 6.45) is 0. The zero-order valence-electron chi connectivity index (χ0n) is 12.7. The molecular formula is C17H15Cl2N3O2. The molecule has 3 rings (SSSR count). The number of para-hydroxylation sites is 1. The second kappa shape index (κ2) is 7.11. The van der Waals surface area contributed by atoms with Crippen molar-refractivity contribution in [3.63, 3.8) is 0 Å². The largest absolute Gasteiger partial charge is 0.325 e. The number of benzene rings is 2. The van der Waals surface area contributed by atoms with Crippen LogP contribution in [0, 0.1) is 0 Å². The number of carbonyl (C=O) groups is 2. The molecule has 1 heterocycles. The van der Waals surface area contributed by atoms with E-state index in [0.29, 0.717) is 28.8 Å². The highest BCUT2D eigenvalue weighted by atomic mass is 35.5. The molecule has 24 heavy (non-hydrogen) atoms. The minimum absolute atomic E-state index is 0.0115. The first-order valence-corrected chi connectivity index (χ1v) is 8.16. The quantitative estimate of drug-likeness (QED) is 0.895. The van der Waals surface area contributed by atoms with Crippen molar-refractivity contribution in [2.75, 3.05) is 29.9 Å². The van der Waals surface area contributed by atoms with Crippen LogP contribution in [0.2, 0.25) is 10.0 Å². The van der Waals surface area contributed by atoms with Gasteiger partial charge in [0, 0.05) is 24.5 Å². The van der Waals surface area contributed by atoms with Gasteiger partial charge < -0.3 is 10.2 Å². The van der Waals surface area contributed by atoms with Crippen molar-refractivity contribution in [2.24, 2.45) is 0 Å². The van der Waals surface area contributed by atoms with Gasteiger partial charge in [-0.2, -0.15) is 0 Å². The Morgan fingerprint density at radius 1 is 1.04 bits per heavy atom. The third-order valence-corrected chi connectivity index (χ3v) is 4.44. The van der Waals surface area contributed by atoms with Crippen LogP contribution in [0.25, 0.3) is 0 Å². The fourth-order valence-electron chi connectivity index (χ4n) is 2.52. The van der Waals surface area contributed by atoms with Crippen LogP contribution in [-0.4, -0.2) is 36.5 Å². The van der Waals surface area contributed by atoms with Gasteiger partial charge in [-0.3, -0.25) is 9.69 Å². The lowest BCUT2D eigenvalue weighted by Crippen LogP contribution is -2.37. The number of carbonyl (C=O) groups excluding carboxylic acids is 2. The molecule has 1 aliphatic rings. The molecule has 0 unspecified atom stereocenters. The molecule has 1 saturated heterocycles. The molecule has 2 aromatic carbocycles. The molecule has 7 heteroatoms. The summed E-state index contributed by atoms with van der Waals surface area (Å²) >= 11 is 11.8. The number of hydrogen-bond donors (Lipinski definition) is 1. The minimum atomic E-state index is -0.281. The number of rotatable bonds is 4. The zero-order valence-corrected chi connectivity index (χ0v) is 14.2. The van der Waals surface area contributed by atoms with Gasteiger partial charge in [0.25, 0.3) is 0 Å². The molecule has 0 radical (unpaired) electrons. The van der Waals surface area contributed by atoms with E-state index in [2.05, 4.69) is 5.32 Å². The number of nitrogens with zero attached hydrogens (tertiary/aromatic N) is 2. The van der Waals surface area contributed by atoms with Crippen LogP contribution >= 0.6 is 23.2 Å². The third-order valence-electron chi connectivity index (χ3n) is 3.70. The van der Waals surface area contributed by atoms with E-state index in [4.69, 9.17) is 23.2 Å². The van der Waals surface area contributed by atoms with Gasteiger partial charge in [-0.05, 0) is 30.3 Å². The number of anilines is 2. The van der Waals surface area contributed by atoms with Crippen molar-refractivity contribution in [2.45, 2.75) is 0 Å².